The highest BCUT2D eigenvalue weighted by atomic mass is 32.1. The van der Waals surface area contributed by atoms with Gasteiger partial charge >= 0.3 is 0 Å². The van der Waals surface area contributed by atoms with Crippen molar-refractivity contribution in [1.82, 2.24) is 4.98 Å². The lowest BCUT2D eigenvalue weighted by molar-refractivity contribution is 0.429. The molecule has 0 unspecified atom stereocenters. The molecule has 3 heteroatoms. The molecule has 0 saturated heterocycles. The SMILES string of the molecule is CCc1ncc(S)o1. The zero-order valence-electron chi connectivity index (χ0n) is 4.59. The normalized spacial score (nSPS) is 9.75. The van der Waals surface area contributed by atoms with Crippen molar-refractivity contribution >= 4 is 12.6 Å². The molecule has 8 heavy (non-hydrogen) atoms. The molecule has 0 saturated carbocycles. The number of rotatable bonds is 1. The van der Waals surface area contributed by atoms with Gasteiger partial charge in [-0.1, -0.05) is 6.92 Å². The van der Waals surface area contributed by atoms with E-state index in [2.05, 4.69) is 17.6 Å². The van der Waals surface area contributed by atoms with Gasteiger partial charge in [-0.25, -0.2) is 4.98 Å². The third-order valence-corrected chi connectivity index (χ3v) is 1.05. The summed E-state index contributed by atoms with van der Waals surface area (Å²) >= 11 is 3.93. The fourth-order valence-corrected chi connectivity index (χ4v) is 0.627. The number of aryl methyl sites for hydroxylation is 1. The molecule has 0 fully saturated rings. The Hall–Kier alpha value is -0.440. The first-order valence-electron chi connectivity index (χ1n) is 2.46. The van der Waals surface area contributed by atoms with Gasteiger partial charge in [-0.05, 0) is 0 Å². The van der Waals surface area contributed by atoms with Crippen LogP contribution in [0, 0.1) is 0 Å². The second kappa shape index (κ2) is 2.22. The van der Waals surface area contributed by atoms with E-state index >= 15 is 0 Å². The molecule has 0 spiro atoms. The molecule has 0 aliphatic heterocycles. The highest BCUT2D eigenvalue weighted by molar-refractivity contribution is 7.80. The quantitative estimate of drug-likeness (QED) is 0.582. The van der Waals surface area contributed by atoms with E-state index in [1.54, 1.807) is 6.20 Å². The molecule has 0 amide bonds. The third-order valence-electron chi connectivity index (χ3n) is 0.844. The van der Waals surface area contributed by atoms with Gasteiger partial charge in [-0.2, -0.15) is 0 Å². The predicted octanol–water partition coefficient (Wildman–Crippen LogP) is 1.53. The molecule has 0 aromatic carbocycles. The van der Waals surface area contributed by atoms with Gasteiger partial charge in [-0.15, -0.1) is 12.6 Å². The van der Waals surface area contributed by atoms with E-state index in [9.17, 15) is 0 Å². The van der Waals surface area contributed by atoms with E-state index in [4.69, 9.17) is 4.42 Å². The zero-order chi connectivity index (χ0) is 5.98. The Morgan fingerprint density at radius 2 is 2.62 bits per heavy atom. The number of hydrogen-bond donors (Lipinski definition) is 1. The summed E-state index contributed by atoms with van der Waals surface area (Å²) in [6.07, 6.45) is 2.43. The van der Waals surface area contributed by atoms with Crippen molar-refractivity contribution < 1.29 is 4.42 Å². The lowest BCUT2D eigenvalue weighted by Crippen LogP contribution is -1.73. The first kappa shape index (κ1) is 5.69. The minimum absolute atomic E-state index is 0.585. The summed E-state index contributed by atoms with van der Waals surface area (Å²) in [7, 11) is 0. The van der Waals surface area contributed by atoms with Crippen LogP contribution >= 0.6 is 12.6 Å². The molecule has 1 aromatic rings. The van der Waals surface area contributed by atoms with Crippen LogP contribution < -0.4 is 0 Å². The van der Waals surface area contributed by atoms with Crippen molar-refractivity contribution in [2.45, 2.75) is 18.4 Å². The molecule has 0 bridgehead atoms. The second-order valence-corrected chi connectivity index (χ2v) is 1.89. The molecule has 0 aliphatic carbocycles. The van der Waals surface area contributed by atoms with Gasteiger partial charge in [-0.3, -0.25) is 0 Å². The molecule has 1 heterocycles. The average molecular weight is 129 g/mol. The van der Waals surface area contributed by atoms with Crippen LogP contribution in [0.1, 0.15) is 12.8 Å². The van der Waals surface area contributed by atoms with Crippen LogP contribution in [-0.2, 0) is 6.42 Å². The molecular formula is C5H7NOS. The summed E-state index contributed by atoms with van der Waals surface area (Å²) in [6, 6.07) is 0. The fourth-order valence-electron chi connectivity index (χ4n) is 0.464. The fraction of sp³-hybridized carbons (Fsp3) is 0.400. The van der Waals surface area contributed by atoms with Gasteiger partial charge in [0.1, 0.15) is 0 Å². The van der Waals surface area contributed by atoms with Crippen LogP contribution in [0.15, 0.2) is 15.7 Å². The second-order valence-electron chi connectivity index (χ2n) is 1.45. The van der Waals surface area contributed by atoms with E-state index in [1.807, 2.05) is 6.92 Å². The van der Waals surface area contributed by atoms with Crippen molar-refractivity contribution in [3.63, 3.8) is 0 Å². The number of nitrogens with zero attached hydrogens (tertiary/aromatic N) is 1. The maximum Gasteiger partial charge on any atom is 0.195 e. The average Bonchev–Trinajstić information content (AvgIpc) is 2.14. The minimum Gasteiger partial charge on any atom is -0.435 e. The van der Waals surface area contributed by atoms with Crippen LogP contribution in [0.5, 0.6) is 0 Å². The Bertz CT molecular complexity index is 173. The minimum atomic E-state index is 0.585. The summed E-state index contributed by atoms with van der Waals surface area (Å²) in [6.45, 7) is 1.99. The van der Waals surface area contributed by atoms with Gasteiger partial charge in [0.25, 0.3) is 0 Å². The number of oxazole rings is 1. The van der Waals surface area contributed by atoms with Crippen LogP contribution in [0.3, 0.4) is 0 Å². The summed E-state index contributed by atoms with van der Waals surface area (Å²) in [5, 5.41) is 0.585. The van der Waals surface area contributed by atoms with E-state index in [0.717, 1.165) is 12.3 Å². The Kier molecular flexibility index (Phi) is 1.58. The van der Waals surface area contributed by atoms with Crippen LogP contribution in [0.2, 0.25) is 0 Å². The molecule has 0 radical (unpaired) electrons. The van der Waals surface area contributed by atoms with E-state index < -0.39 is 0 Å². The maximum absolute atomic E-state index is 4.99. The van der Waals surface area contributed by atoms with Crippen LogP contribution in [-0.4, -0.2) is 4.98 Å². The number of hydrogen-bond acceptors (Lipinski definition) is 3. The predicted molar refractivity (Wildman–Crippen MR) is 33.1 cm³/mol. The lowest BCUT2D eigenvalue weighted by Gasteiger charge is -1.79. The Morgan fingerprint density at radius 1 is 1.88 bits per heavy atom. The summed E-state index contributed by atoms with van der Waals surface area (Å²) in [5.74, 6) is 0.745. The first-order valence-corrected chi connectivity index (χ1v) is 2.91. The molecule has 44 valence electrons. The highest BCUT2D eigenvalue weighted by Crippen LogP contribution is 2.06. The molecule has 1 rings (SSSR count). The van der Waals surface area contributed by atoms with Crippen molar-refractivity contribution in [1.29, 1.82) is 0 Å². The molecular weight excluding hydrogens is 122 g/mol. The van der Waals surface area contributed by atoms with Gasteiger partial charge in [0.05, 0.1) is 6.20 Å². The van der Waals surface area contributed by atoms with Crippen molar-refractivity contribution in [2.75, 3.05) is 0 Å². The zero-order valence-corrected chi connectivity index (χ0v) is 5.48. The van der Waals surface area contributed by atoms with E-state index in [-0.39, 0.29) is 0 Å². The summed E-state index contributed by atoms with van der Waals surface area (Å²) in [4.78, 5) is 3.89. The van der Waals surface area contributed by atoms with Crippen molar-refractivity contribution in [3.05, 3.63) is 12.1 Å². The molecule has 0 atom stereocenters. The van der Waals surface area contributed by atoms with Gasteiger partial charge in [0.2, 0.25) is 0 Å². The molecule has 1 aromatic heterocycles. The first-order chi connectivity index (χ1) is 3.83. The van der Waals surface area contributed by atoms with Crippen molar-refractivity contribution in [2.24, 2.45) is 0 Å². The Balaban J connectivity index is 2.84. The Labute approximate surface area is 53.3 Å². The van der Waals surface area contributed by atoms with Crippen molar-refractivity contribution in [3.8, 4) is 0 Å². The maximum atomic E-state index is 4.99. The van der Waals surface area contributed by atoms with Gasteiger partial charge < -0.3 is 4.42 Å². The number of thiol groups is 1. The topological polar surface area (TPSA) is 26.0 Å². The van der Waals surface area contributed by atoms with E-state index in [0.29, 0.717) is 5.09 Å². The van der Waals surface area contributed by atoms with Crippen LogP contribution in [0.4, 0.5) is 0 Å². The van der Waals surface area contributed by atoms with E-state index in [1.165, 1.54) is 0 Å². The summed E-state index contributed by atoms with van der Waals surface area (Å²) in [5.41, 5.74) is 0. The third kappa shape index (κ3) is 1.04. The molecule has 0 aliphatic rings. The standard InChI is InChI=1S/C5H7NOS/c1-2-4-6-3-5(8)7-4/h3,8H,2H2,1H3. The lowest BCUT2D eigenvalue weighted by atomic mass is 10.5. The monoisotopic (exact) mass is 129 g/mol. The number of aromatic nitrogens is 1. The summed E-state index contributed by atoms with van der Waals surface area (Å²) < 4.78 is 4.99. The highest BCUT2D eigenvalue weighted by Gasteiger charge is 1.93. The Morgan fingerprint density at radius 3 is 2.88 bits per heavy atom. The largest absolute Gasteiger partial charge is 0.435 e. The van der Waals surface area contributed by atoms with Gasteiger partial charge in [0, 0.05) is 6.42 Å². The van der Waals surface area contributed by atoms with Gasteiger partial charge in [0.15, 0.2) is 11.0 Å². The van der Waals surface area contributed by atoms with Crippen LogP contribution in [0.25, 0.3) is 0 Å². The smallest absolute Gasteiger partial charge is 0.195 e. The molecule has 0 N–H and O–H groups in total. The molecule has 2 nitrogen and oxygen atoms in total.